The van der Waals surface area contributed by atoms with Crippen molar-refractivity contribution in [3.63, 3.8) is 0 Å². The van der Waals surface area contributed by atoms with Crippen LogP contribution in [0.4, 0.5) is 0 Å². The Labute approximate surface area is 115 Å². The summed E-state index contributed by atoms with van der Waals surface area (Å²) in [6.07, 6.45) is 6.47. The number of unbranched alkanes of at least 4 members (excludes halogenated alkanes) is 1. The van der Waals surface area contributed by atoms with E-state index in [4.69, 9.17) is 4.74 Å². The SMILES string of the molecule is CCCCOc1ccccc1C=Cc1ccccc1. The molecule has 0 saturated heterocycles. The van der Waals surface area contributed by atoms with Crippen LogP contribution >= 0.6 is 0 Å². The minimum Gasteiger partial charge on any atom is -0.493 e. The molecule has 98 valence electrons. The normalized spacial score (nSPS) is 10.8. The zero-order valence-corrected chi connectivity index (χ0v) is 11.4. The minimum absolute atomic E-state index is 0.784. The Morgan fingerprint density at radius 3 is 2.42 bits per heavy atom. The van der Waals surface area contributed by atoms with E-state index in [1.54, 1.807) is 0 Å². The zero-order chi connectivity index (χ0) is 13.3. The molecule has 0 heterocycles. The lowest BCUT2D eigenvalue weighted by Crippen LogP contribution is -1.97. The van der Waals surface area contributed by atoms with Crippen molar-refractivity contribution >= 4 is 12.2 Å². The van der Waals surface area contributed by atoms with Gasteiger partial charge in [-0.3, -0.25) is 0 Å². The fourth-order valence-corrected chi connectivity index (χ4v) is 1.83. The maximum absolute atomic E-state index is 5.81. The molecular formula is C18H20O. The summed E-state index contributed by atoms with van der Waals surface area (Å²) in [5.74, 6) is 0.961. The second-order valence-electron chi connectivity index (χ2n) is 4.48. The van der Waals surface area contributed by atoms with Crippen LogP contribution in [0.1, 0.15) is 30.9 Å². The van der Waals surface area contributed by atoms with Gasteiger partial charge in [0, 0.05) is 5.56 Å². The summed E-state index contributed by atoms with van der Waals surface area (Å²) in [5.41, 5.74) is 2.33. The molecule has 0 radical (unpaired) electrons. The van der Waals surface area contributed by atoms with Crippen molar-refractivity contribution in [3.8, 4) is 5.75 Å². The number of para-hydroxylation sites is 1. The number of hydrogen-bond donors (Lipinski definition) is 0. The van der Waals surface area contributed by atoms with Crippen LogP contribution in [0, 0.1) is 0 Å². The van der Waals surface area contributed by atoms with E-state index in [0.717, 1.165) is 30.8 Å². The van der Waals surface area contributed by atoms with E-state index in [-0.39, 0.29) is 0 Å². The predicted octanol–water partition coefficient (Wildman–Crippen LogP) is 5.04. The van der Waals surface area contributed by atoms with Crippen molar-refractivity contribution in [2.75, 3.05) is 6.61 Å². The largest absolute Gasteiger partial charge is 0.493 e. The van der Waals surface area contributed by atoms with Crippen molar-refractivity contribution in [2.24, 2.45) is 0 Å². The Bertz CT molecular complexity index is 514. The molecule has 2 aromatic rings. The minimum atomic E-state index is 0.784. The van der Waals surface area contributed by atoms with Crippen molar-refractivity contribution in [1.29, 1.82) is 0 Å². The summed E-state index contributed by atoms with van der Waals surface area (Å²) >= 11 is 0. The number of ether oxygens (including phenoxy) is 1. The van der Waals surface area contributed by atoms with E-state index in [9.17, 15) is 0 Å². The Morgan fingerprint density at radius 1 is 0.895 bits per heavy atom. The molecule has 0 amide bonds. The molecule has 0 aliphatic rings. The fourth-order valence-electron chi connectivity index (χ4n) is 1.83. The molecule has 0 spiro atoms. The summed E-state index contributed by atoms with van der Waals surface area (Å²) in [6.45, 7) is 2.96. The highest BCUT2D eigenvalue weighted by Crippen LogP contribution is 2.21. The Hall–Kier alpha value is -2.02. The van der Waals surface area contributed by atoms with E-state index in [0.29, 0.717) is 0 Å². The molecule has 0 bridgehead atoms. The molecule has 19 heavy (non-hydrogen) atoms. The summed E-state index contributed by atoms with van der Waals surface area (Å²) in [5, 5.41) is 0. The smallest absolute Gasteiger partial charge is 0.126 e. The molecular weight excluding hydrogens is 232 g/mol. The van der Waals surface area contributed by atoms with Gasteiger partial charge in [-0.2, -0.15) is 0 Å². The molecule has 0 unspecified atom stereocenters. The van der Waals surface area contributed by atoms with E-state index in [1.165, 1.54) is 5.56 Å². The average Bonchev–Trinajstić information content (AvgIpc) is 2.48. The highest BCUT2D eigenvalue weighted by Gasteiger charge is 1.98. The molecule has 2 aromatic carbocycles. The first-order chi connectivity index (χ1) is 9.40. The molecule has 1 nitrogen and oxygen atoms in total. The molecule has 0 aliphatic carbocycles. The zero-order valence-electron chi connectivity index (χ0n) is 11.4. The third kappa shape index (κ3) is 4.29. The van der Waals surface area contributed by atoms with Gasteiger partial charge in [-0.1, -0.05) is 74.0 Å². The third-order valence-corrected chi connectivity index (χ3v) is 2.93. The maximum Gasteiger partial charge on any atom is 0.126 e. The number of benzene rings is 2. The first-order valence-corrected chi connectivity index (χ1v) is 6.85. The lowest BCUT2D eigenvalue weighted by Gasteiger charge is -2.08. The first kappa shape index (κ1) is 13.4. The number of rotatable bonds is 6. The van der Waals surface area contributed by atoms with Gasteiger partial charge in [-0.15, -0.1) is 0 Å². The van der Waals surface area contributed by atoms with Crippen molar-refractivity contribution in [2.45, 2.75) is 19.8 Å². The number of hydrogen-bond acceptors (Lipinski definition) is 1. The second-order valence-corrected chi connectivity index (χ2v) is 4.48. The Kier molecular flexibility index (Phi) is 5.24. The lowest BCUT2D eigenvalue weighted by atomic mass is 10.1. The third-order valence-electron chi connectivity index (χ3n) is 2.93. The van der Waals surface area contributed by atoms with Gasteiger partial charge in [0.15, 0.2) is 0 Å². The van der Waals surface area contributed by atoms with Gasteiger partial charge in [0.2, 0.25) is 0 Å². The highest BCUT2D eigenvalue weighted by atomic mass is 16.5. The molecule has 0 N–H and O–H groups in total. The highest BCUT2D eigenvalue weighted by molar-refractivity contribution is 5.72. The van der Waals surface area contributed by atoms with Gasteiger partial charge in [-0.25, -0.2) is 0 Å². The van der Waals surface area contributed by atoms with Crippen LogP contribution in [0.15, 0.2) is 54.6 Å². The van der Waals surface area contributed by atoms with Gasteiger partial charge in [0.05, 0.1) is 6.61 Å². The van der Waals surface area contributed by atoms with Crippen LogP contribution < -0.4 is 4.74 Å². The molecule has 0 aromatic heterocycles. The van der Waals surface area contributed by atoms with Crippen LogP contribution in [-0.4, -0.2) is 6.61 Å². The van der Waals surface area contributed by atoms with Gasteiger partial charge < -0.3 is 4.74 Å². The molecule has 2 rings (SSSR count). The Balaban J connectivity index is 2.09. The topological polar surface area (TPSA) is 9.23 Å². The van der Waals surface area contributed by atoms with E-state index < -0.39 is 0 Å². The fraction of sp³-hybridized carbons (Fsp3) is 0.222. The van der Waals surface area contributed by atoms with Gasteiger partial charge in [0.25, 0.3) is 0 Å². The summed E-state index contributed by atoms with van der Waals surface area (Å²) in [4.78, 5) is 0. The van der Waals surface area contributed by atoms with Crippen LogP contribution in [0.2, 0.25) is 0 Å². The van der Waals surface area contributed by atoms with Crippen molar-refractivity contribution < 1.29 is 4.74 Å². The van der Waals surface area contributed by atoms with E-state index in [1.807, 2.05) is 36.4 Å². The monoisotopic (exact) mass is 252 g/mol. The molecule has 0 saturated carbocycles. The summed E-state index contributed by atoms with van der Waals surface area (Å²) in [6, 6.07) is 18.5. The van der Waals surface area contributed by atoms with Crippen molar-refractivity contribution in [3.05, 3.63) is 65.7 Å². The molecule has 0 atom stereocenters. The summed E-state index contributed by atoms with van der Waals surface area (Å²) < 4.78 is 5.81. The predicted molar refractivity (Wildman–Crippen MR) is 82.2 cm³/mol. The molecule has 0 aliphatic heterocycles. The first-order valence-electron chi connectivity index (χ1n) is 6.85. The second kappa shape index (κ2) is 7.42. The van der Waals surface area contributed by atoms with Crippen LogP contribution in [0.3, 0.4) is 0 Å². The van der Waals surface area contributed by atoms with Crippen molar-refractivity contribution in [1.82, 2.24) is 0 Å². The molecule has 1 heteroatoms. The Morgan fingerprint density at radius 2 is 1.63 bits per heavy atom. The quantitative estimate of drug-likeness (QED) is 0.517. The molecule has 0 fully saturated rings. The lowest BCUT2D eigenvalue weighted by molar-refractivity contribution is 0.309. The van der Waals surface area contributed by atoms with Crippen LogP contribution in [0.25, 0.3) is 12.2 Å². The summed E-state index contributed by atoms with van der Waals surface area (Å²) in [7, 11) is 0. The van der Waals surface area contributed by atoms with Gasteiger partial charge in [-0.05, 0) is 18.1 Å². The van der Waals surface area contributed by atoms with Crippen LogP contribution in [-0.2, 0) is 0 Å². The standard InChI is InChI=1S/C18H20O/c1-2-3-15-19-18-12-8-7-11-17(18)14-13-16-9-5-4-6-10-16/h4-14H,2-3,15H2,1H3. The van der Waals surface area contributed by atoms with E-state index in [2.05, 4.69) is 37.3 Å². The van der Waals surface area contributed by atoms with Gasteiger partial charge >= 0.3 is 0 Å². The maximum atomic E-state index is 5.81. The van der Waals surface area contributed by atoms with Crippen LogP contribution in [0.5, 0.6) is 5.75 Å². The van der Waals surface area contributed by atoms with E-state index >= 15 is 0 Å². The average molecular weight is 252 g/mol. The van der Waals surface area contributed by atoms with Gasteiger partial charge in [0.1, 0.15) is 5.75 Å².